The van der Waals surface area contributed by atoms with Gasteiger partial charge >= 0.3 is 7.12 Å². The van der Waals surface area contributed by atoms with Crippen LogP contribution in [0.5, 0.6) is 5.75 Å². The lowest BCUT2D eigenvalue weighted by Gasteiger charge is -2.14. The summed E-state index contributed by atoms with van der Waals surface area (Å²) in [5, 5.41) is 23.2. The summed E-state index contributed by atoms with van der Waals surface area (Å²) in [5.74, 6) is 0.772. The topological polar surface area (TPSA) is 106 Å². The van der Waals surface area contributed by atoms with Crippen LogP contribution in [0.3, 0.4) is 0 Å². The molecule has 0 aliphatic carbocycles. The minimum Gasteiger partial charge on any atom is -0.480 e. The zero-order chi connectivity index (χ0) is 18.7. The van der Waals surface area contributed by atoms with Crippen molar-refractivity contribution < 1.29 is 24.1 Å². The Balaban J connectivity index is 1.83. The normalized spacial score (nSPS) is 11.8. The first kappa shape index (κ1) is 18.1. The Bertz CT molecular complexity index is 914. The van der Waals surface area contributed by atoms with E-state index >= 15 is 0 Å². The average Bonchev–Trinajstić information content (AvgIpc) is 3.12. The fourth-order valence-corrected chi connectivity index (χ4v) is 2.50. The Morgan fingerprint density at radius 3 is 2.62 bits per heavy atom. The third-order valence-electron chi connectivity index (χ3n) is 3.69. The zero-order valence-electron chi connectivity index (χ0n) is 13.7. The standard InChI is InChI=1S/C17H14BClN2O5/c1-10(25-15-4-2-3-14(18(23)24)13(15)9-22)17-20-16(21-26-17)11-5-7-12(19)8-6-11/h2-10,23-24H,1H3. The summed E-state index contributed by atoms with van der Waals surface area (Å²) in [6.07, 6.45) is -0.155. The zero-order valence-corrected chi connectivity index (χ0v) is 14.4. The molecular weight excluding hydrogens is 358 g/mol. The van der Waals surface area contributed by atoms with Crippen molar-refractivity contribution in [3.63, 3.8) is 0 Å². The van der Waals surface area contributed by atoms with E-state index in [9.17, 15) is 14.8 Å². The van der Waals surface area contributed by atoms with E-state index in [1.54, 1.807) is 43.3 Å². The summed E-state index contributed by atoms with van der Waals surface area (Å²) >= 11 is 5.86. The third kappa shape index (κ3) is 3.77. The monoisotopic (exact) mass is 372 g/mol. The molecule has 1 atom stereocenters. The van der Waals surface area contributed by atoms with Crippen molar-refractivity contribution in [3.8, 4) is 17.1 Å². The van der Waals surface area contributed by atoms with Crippen molar-refractivity contribution >= 4 is 30.5 Å². The summed E-state index contributed by atoms with van der Waals surface area (Å²) in [6, 6.07) is 11.5. The molecule has 0 fully saturated rings. The van der Waals surface area contributed by atoms with Crippen molar-refractivity contribution in [2.45, 2.75) is 13.0 Å². The van der Waals surface area contributed by atoms with E-state index in [0.29, 0.717) is 17.1 Å². The van der Waals surface area contributed by atoms with Crippen LogP contribution in [0, 0.1) is 0 Å². The van der Waals surface area contributed by atoms with E-state index in [1.165, 1.54) is 6.07 Å². The molecule has 3 aromatic rings. The molecule has 1 heterocycles. The van der Waals surface area contributed by atoms with Gasteiger partial charge in [0.15, 0.2) is 12.4 Å². The number of aromatic nitrogens is 2. The molecule has 2 N–H and O–H groups in total. The Kier molecular flexibility index (Phi) is 5.36. The van der Waals surface area contributed by atoms with Gasteiger partial charge in [-0.3, -0.25) is 4.79 Å². The number of carbonyl (C=O) groups is 1. The average molecular weight is 373 g/mol. The SMILES string of the molecule is CC(Oc1cccc(B(O)O)c1C=O)c1nc(-c2ccc(Cl)cc2)no1. The summed E-state index contributed by atoms with van der Waals surface area (Å²) in [6.45, 7) is 1.68. The largest absolute Gasteiger partial charge is 0.489 e. The molecule has 1 aromatic heterocycles. The molecule has 0 radical (unpaired) electrons. The van der Waals surface area contributed by atoms with Gasteiger partial charge in [-0.05, 0) is 42.7 Å². The Hall–Kier alpha value is -2.68. The van der Waals surface area contributed by atoms with Gasteiger partial charge in [0, 0.05) is 10.6 Å². The molecule has 0 aliphatic rings. The molecule has 0 bridgehead atoms. The van der Waals surface area contributed by atoms with Gasteiger partial charge in [-0.2, -0.15) is 4.98 Å². The van der Waals surface area contributed by atoms with Gasteiger partial charge in [0.1, 0.15) is 5.75 Å². The highest BCUT2D eigenvalue weighted by molar-refractivity contribution is 6.60. The molecule has 7 nitrogen and oxygen atoms in total. The number of hydrogen-bond acceptors (Lipinski definition) is 7. The molecule has 26 heavy (non-hydrogen) atoms. The lowest BCUT2D eigenvalue weighted by Crippen LogP contribution is -2.33. The molecule has 0 aliphatic heterocycles. The van der Waals surface area contributed by atoms with Crippen molar-refractivity contribution in [1.82, 2.24) is 10.1 Å². The van der Waals surface area contributed by atoms with Crippen molar-refractivity contribution in [2.75, 3.05) is 0 Å². The van der Waals surface area contributed by atoms with Gasteiger partial charge in [-0.1, -0.05) is 28.9 Å². The number of halogens is 1. The highest BCUT2D eigenvalue weighted by Crippen LogP contribution is 2.25. The Labute approximate surface area is 154 Å². The van der Waals surface area contributed by atoms with Crippen LogP contribution in [0.25, 0.3) is 11.4 Å². The lowest BCUT2D eigenvalue weighted by atomic mass is 9.77. The van der Waals surface area contributed by atoms with E-state index in [4.69, 9.17) is 20.9 Å². The van der Waals surface area contributed by atoms with Crippen LogP contribution in [0.4, 0.5) is 0 Å². The highest BCUT2D eigenvalue weighted by Gasteiger charge is 2.22. The van der Waals surface area contributed by atoms with Crippen LogP contribution in [0.2, 0.25) is 5.02 Å². The maximum atomic E-state index is 11.3. The Morgan fingerprint density at radius 1 is 1.23 bits per heavy atom. The van der Waals surface area contributed by atoms with Crippen molar-refractivity contribution in [2.24, 2.45) is 0 Å². The van der Waals surface area contributed by atoms with Gasteiger partial charge in [-0.15, -0.1) is 0 Å². The molecule has 132 valence electrons. The fourth-order valence-electron chi connectivity index (χ4n) is 2.37. The van der Waals surface area contributed by atoms with E-state index < -0.39 is 13.2 Å². The number of carbonyl (C=O) groups excluding carboxylic acids is 1. The first-order valence-corrected chi connectivity index (χ1v) is 8.08. The molecule has 1 unspecified atom stereocenters. The Morgan fingerprint density at radius 2 is 1.96 bits per heavy atom. The molecule has 2 aromatic carbocycles. The molecule has 9 heteroatoms. The van der Waals surface area contributed by atoms with Crippen LogP contribution < -0.4 is 10.2 Å². The predicted octanol–water partition coefficient (Wildman–Crippen LogP) is 2.02. The molecular formula is C17H14BClN2O5. The third-order valence-corrected chi connectivity index (χ3v) is 3.94. The number of benzene rings is 2. The molecule has 3 rings (SSSR count). The second-order valence-corrected chi connectivity index (χ2v) is 5.91. The van der Waals surface area contributed by atoms with Gasteiger partial charge in [-0.25, -0.2) is 0 Å². The van der Waals surface area contributed by atoms with Gasteiger partial charge < -0.3 is 19.3 Å². The first-order chi connectivity index (χ1) is 12.5. The predicted molar refractivity (Wildman–Crippen MR) is 95.4 cm³/mol. The maximum absolute atomic E-state index is 11.3. The van der Waals surface area contributed by atoms with Crippen LogP contribution in [0.15, 0.2) is 47.0 Å². The summed E-state index contributed by atoms with van der Waals surface area (Å²) in [7, 11) is -1.78. The minimum atomic E-state index is -1.78. The number of nitrogens with zero attached hydrogens (tertiary/aromatic N) is 2. The second kappa shape index (κ2) is 7.69. The fraction of sp³-hybridized carbons (Fsp3) is 0.118. The van der Waals surface area contributed by atoms with Crippen LogP contribution in [-0.2, 0) is 0 Å². The summed E-state index contributed by atoms with van der Waals surface area (Å²) in [5.41, 5.74) is 0.833. The number of aldehydes is 1. The molecule has 0 saturated heterocycles. The van der Waals surface area contributed by atoms with Crippen LogP contribution in [0.1, 0.15) is 29.3 Å². The number of rotatable bonds is 6. The number of ether oxygens (including phenoxy) is 1. The quantitative estimate of drug-likeness (QED) is 0.503. The van der Waals surface area contributed by atoms with E-state index in [0.717, 1.165) is 5.56 Å². The molecule has 0 spiro atoms. The van der Waals surface area contributed by atoms with Crippen molar-refractivity contribution in [3.05, 3.63) is 58.9 Å². The van der Waals surface area contributed by atoms with Crippen molar-refractivity contribution in [1.29, 1.82) is 0 Å². The minimum absolute atomic E-state index is 0.0480. The van der Waals surface area contributed by atoms with Gasteiger partial charge in [0.2, 0.25) is 5.82 Å². The first-order valence-electron chi connectivity index (χ1n) is 7.70. The highest BCUT2D eigenvalue weighted by atomic mass is 35.5. The smallest absolute Gasteiger partial charge is 0.480 e. The number of hydrogen-bond donors (Lipinski definition) is 2. The maximum Gasteiger partial charge on any atom is 0.489 e. The van der Waals surface area contributed by atoms with Crippen LogP contribution in [-0.4, -0.2) is 33.6 Å². The van der Waals surface area contributed by atoms with E-state index in [-0.39, 0.29) is 22.7 Å². The summed E-state index contributed by atoms with van der Waals surface area (Å²) < 4.78 is 10.9. The van der Waals surface area contributed by atoms with Gasteiger partial charge in [0.05, 0.1) is 5.56 Å². The molecule has 0 amide bonds. The van der Waals surface area contributed by atoms with E-state index in [1.807, 2.05) is 0 Å². The van der Waals surface area contributed by atoms with Crippen LogP contribution >= 0.6 is 11.6 Å². The van der Waals surface area contributed by atoms with Gasteiger partial charge in [0.25, 0.3) is 5.89 Å². The lowest BCUT2D eigenvalue weighted by molar-refractivity contribution is 0.111. The molecule has 0 saturated carbocycles. The second-order valence-electron chi connectivity index (χ2n) is 5.47. The summed E-state index contributed by atoms with van der Waals surface area (Å²) in [4.78, 5) is 15.6. The van der Waals surface area contributed by atoms with E-state index in [2.05, 4.69) is 10.1 Å².